The van der Waals surface area contributed by atoms with Crippen molar-refractivity contribution < 1.29 is 19.1 Å². The number of piperazine rings is 1. The van der Waals surface area contributed by atoms with E-state index in [2.05, 4.69) is 4.90 Å². The van der Waals surface area contributed by atoms with Gasteiger partial charge in [-0.15, -0.1) is 0 Å². The van der Waals surface area contributed by atoms with Crippen LogP contribution in [0.15, 0.2) is 24.3 Å². The summed E-state index contributed by atoms with van der Waals surface area (Å²) in [6.45, 7) is 5.79. The second-order valence-electron chi connectivity index (χ2n) is 6.26. The molecule has 1 aliphatic heterocycles. The van der Waals surface area contributed by atoms with Gasteiger partial charge in [0.2, 0.25) is 5.91 Å². The van der Waals surface area contributed by atoms with E-state index in [1.807, 2.05) is 11.8 Å². The number of carbonyl (C=O) groups excluding carboxylic acids is 1. The van der Waals surface area contributed by atoms with Gasteiger partial charge in [-0.25, -0.2) is 4.39 Å². The minimum Gasteiger partial charge on any atom is -0.480 e. The van der Waals surface area contributed by atoms with Crippen LogP contribution in [0, 0.1) is 5.82 Å². The molecule has 7 heteroatoms. The lowest BCUT2D eigenvalue weighted by Crippen LogP contribution is -2.49. The van der Waals surface area contributed by atoms with Crippen LogP contribution >= 0.6 is 0 Å². The molecule has 0 radical (unpaired) electrons. The Bertz CT molecular complexity index is 571. The van der Waals surface area contributed by atoms with Crippen LogP contribution in [0.2, 0.25) is 0 Å². The lowest BCUT2D eigenvalue weighted by Gasteiger charge is -2.36. The number of hydrogen-bond acceptors (Lipinski definition) is 4. The second-order valence-corrected chi connectivity index (χ2v) is 6.26. The summed E-state index contributed by atoms with van der Waals surface area (Å²) < 4.78 is 13.0. The molecule has 1 fully saturated rings. The topological polar surface area (TPSA) is 64.1 Å². The van der Waals surface area contributed by atoms with Crippen molar-refractivity contribution >= 4 is 17.6 Å². The maximum atomic E-state index is 13.0. The van der Waals surface area contributed by atoms with Crippen molar-refractivity contribution in [3.8, 4) is 0 Å². The molecular weight excluding hydrogens is 325 g/mol. The number of carboxylic acid groups (broad SMARTS) is 1. The van der Waals surface area contributed by atoms with Crippen LogP contribution in [0.3, 0.4) is 0 Å². The Morgan fingerprint density at radius 1 is 1.12 bits per heavy atom. The standard InChI is InChI=1S/C18H26FN3O3/c1-2-8-20(14-18(24)25)9-7-17(23)22-12-10-21(11-13-22)16-5-3-15(19)4-6-16/h3-6H,2,7-14H2,1H3,(H,24,25). The first kappa shape index (κ1) is 19.2. The highest BCUT2D eigenvalue weighted by atomic mass is 19.1. The summed E-state index contributed by atoms with van der Waals surface area (Å²) in [5.74, 6) is -1.06. The Morgan fingerprint density at radius 3 is 2.32 bits per heavy atom. The molecule has 6 nitrogen and oxygen atoms in total. The van der Waals surface area contributed by atoms with Crippen LogP contribution in [-0.2, 0) is 9.59 Å². The van der Waals surface area contributed by atoms with Gasteiger partial charge in [-0.1, -0.05) is 6.92 Å². The van der Waals surface area contributed by atoms with E-state index >= 15 is 0 Å². The van der Waals surface area contributed by atoms with Gasteiger partial charge in [0.1, 0.15) is 5.82 Å². The van der Waals surface area contributed by atoms with E-state index in [1.165, 1.54) is 12.1 Å². The molecule has 1 aromatic carbocycles. The Morgan fingerprint density at radius 2 is 1.76 bits per heavy atom. The number of carbonyl (C=O) groups is 2. The summed E-state index contributed by atoms with van der Waals surface area (Å²) in [4.78, 5) is 29.0. The number of aliphatic carboxylic acids is 1. The fourth-order valence-electron chi connectivity index (χ4n) is 3.06. The fourth-order valence-corrected chi connectivity index (χ4v) is 3.06. The van der Waals surface area contributed by atoms with Gasteiger partial charge >= 0.3 is 5.97 Å². The molecule has 1 amide bonds. The van der Waals surface area contributed by atoms with Gasteiger partial charge in [0.25, 0.3) is 0 Å². The predicted octanol–water partition coefficient (Wildman–Crippen LogP) is 1.66. The number of benzene rings is 1. The van der Waals surface area contributed by atoms with Crippen LogP contribution in [0.1, 0.15) is 19.8 Å². The van der Waals surface area contributed by atoms with Gasteiger partial charge in [-0.2, -0.15) is 0 Å². The molecule has 25 heavy (non-hydrogen) atoms. The average molecular weight is 351 g/mol. The molecule has 0 atom stereocenters. The molecule has 0 bridgehead atoms. The van der Waals surface area contributed by atoms with Crippen LogP contribution < -0.4 is 4.90 Å². The number of amides is 1. The zero-order valence-electron chi connectivity index (χ0n) is 14.7. The minimum absolute atomic E-state index is 0.0283. The summed E-state index contributed by atoms with van der Waals surface area (Å²) in [5, 5.41) is 8.91. The van der Waals surface area contributed by atoms with Crippen LogP contribution in [0.4, 0.5) is 10.1 Å². The Labute approximate surface area is 147 Å². The molecule has 1 N–H and O–H groups in total. The van der Waals surface area contributed by atoms with Crippen molar-refractivity contribution in [2.24, 2.45) is 0 Å². The number of anilines is 1. The van der Waals surface area contributed by atoms with E-state index in [0.717, 1.165) is 12.1 Å². The Kier molecular flexibility index (Phi) is 7.18. The van der Waals surface area contributed by atoms with Crippen LogP contribution in [0.5, 0.6) is 0 Å². The predicted molar refractivity (Wildman–Crippen MR) is 94.2 cm³/mol. The molecule has 2 rings (SSSR count). The van der Waals surface area contributed by atoms with Gasteiger partial charge in [0.05, 0.1) is 6.54 Å². The molecule has 0 saturated carbocycles. The van der Waals surface area contributed by atoms with E-state index in [1.54, 1.807) is 17.0 Å². The van der Waals surface area contributed by atoms with E-state index in [4.69, 9.17) is 5.11 Å². The maximum Gasteiger partial charge on any atom is 0.317 e. The van der Waals surface area contributed by atoms with Gasteiger partial charge < -0.3 is 14.9 Å². The quantitative estimate of drug-likeness (QED) is 0.772. The molecule has 1 saturated heterocycles. The molecular formula is C18H26FN3O3. The SMILES string of the molecule is CCCN(CCC(=O)N1CCN(c2ccc(F)cc2)CC1)CC(=O)O. The number of carboxylic acids is 1. The molecule has 0 aliphatic carbocycles. The molecule has 1 heterocycles. The fraction of sp³-hybridized carbons (Fsp3) is 0.556. The molecule has 0 spiro atoms. The lowest BCUT2D eigenvalue weighted by molar-refractivity contribution is -0.139. The molecule has 1 aromatic rings. The Hall–Kier alpha value is -2.15. The lowest BCUT2D eigenvalue weighted by atomic mass is 10.2. The third kappa shape index (κ3) is 6.01. The highest BCUT2D eigenvalue weighted by Gasteiger charge is 2.22. The van der Waals surface area contributed by atoms with Gasteiger partial charge in [0, 0.05) is 44.8 Å². The number of nitrogens with zero attached hydrogens (tertiary/aromatic N) is 3. The average Bonchev–Trinajstić information content (AvgIpc) is 2.60. The van der Waals surface area contributed by atoms with Crippen molar-refractivity contribution in [2.45, 2.75) is 19.8 Å². The third-order valence-corrected chi connectivity index (χ3v) is 4.36. The molecule has 1 aliphatic rings. The largest absolute Gasteiger partial charge is 0.480 e. The number of rotatable bonds is 8. The van der Waals surface area contributed by atoms with E-state index in [9.17, 15) is 14.0 Å². The van der Waals surface area contributed by atoms with Crippen molar-refractivity contribution in [1.29, 1.82) is 0 Å². The van der Waals surface area contributed by atoms with Crippen molar-refractivity contribution in [1.82, 2.24) is 9.80 Å². The number of hydrogen-bond donors (Lipinski definition) is 1. The smallest absolute Gasteiger partial charge is 0.317 e. The van der Waals surface area contributed by atoms with Gasteiger partial charge in [-0.3, -0.25) is 14.5 Å². The highest BCUT2D eigenvalue weighted by Crippen LogP contribution is 2.17. The zero-order chi connectivity index (χ0) is 18.2. The first-order valence-corrected chi connectivity index (χ1v) is 8.72. The Balaban J connectivity index is 1.78. The van der Waals surface area contributed by atoms with Crippen molar-refractivity contribution in [2.75, 3.05) is 50.7 Å². The summed E-state index contributed by atoms with van der Waals surface area (Å²) in [6, 6.07) is 6.39. The van der Waals surface area contributed by atoms with Crippen molar-refractivity contribution in [3.63, 3.8) is 0 Å². The first-order valence-electron chi connectivity index (χ1n) is 8.72. The van der Waals surface area contributed by atoms with E-state index < -0.39 is 5.97 Å². The molecule has 138 valence electrons. The summed E-state index contributed by atoms with van der Waals surface area (Å²) in [5.41, 5.74) is 0.962. The van der Waals surface area contributed by atoms with E-state index in [-0.39, 0.29) is 18.3 Å². The monoisotopic (exact) mass is 351 g/mol. The zero-order valence-corrected chi connectivity index (χ0v) is 14.7. The van der Waals surface area contributed by atoms with Crippen molar-refractivity contribution in [3.05, 3.63) is 30.1 Å². The van der Waals surface area contributed by atoms with Gasteiger partial charge in [0.15, 0.2) is 0 Å². The third-order valence-electron chi connectivity index (χ3n) is 4.36. The normalized spacial score (nSPS) is 14.8. The minimum atomic E-state index is -0.867. The van der Waals surface area contributed by atoms with E-state index in [0.29, 0.717) is 45.7 Å². The van der Waals surface area contributed by atoms with Crippen LogP contribution in [-0.4, -0.2) is 72.6 Å². The summed E-state index contributed by atoms with van der Waals surface area (Å²) in [6.07, 6.45) is 1.20. The van der Waals surface area contributed by atoms with Gasteiger partial charge in [-0.05, 0) is 37.2 Å². The van der Waals surface area contributed by atoms with Crippen LogP contribution in [0.25, 0.3) is 0 Å². The maximum absolute atomic E-state index is 13.0. The second kappa shape index (κ2) is 9.36. The summed E-state index contributed by atoms with van der Waals surface area (Å²) >= 11 is 0. The highest BCUT2D eigenvalue weighted by molar-refractivity contribution is 5.77. The molecule has 0 aromatic heterocycles. The first-order chi connectivity index (χ1) is 12.0. The number of halogens is 1. The summed E-state index contributed by atoms with van der Waals surface area (Å²) in [7, 11) is 0. The molecule has 0 unspecified atom stereocenters.